The number of piperidine rings is 1. The number of rotatable bonds is 3. The van der Waals surface area contributed by atoms with Gasteiger partial charge in [-0.3, -0.25) is 9.78 Å². The molecule has 0 aliphatic carbocycles. The van der Waals surface area contributed by atoms with Crippen molar-refractivity contribution < 1.29 is 4.79 Å². The predicted molar refractivity (Wildman–Crippen MR) is 103 cm³/mol. The molecule has 5 heteroatoms. The highest BCUT2D eigenvalue weighted by molar-refractivity contribution is 6.33. The van der Waals surface area contributed by atoms with Crippen molar-refractivity contribution in [1.82, 2.24) is 9.88 Å². The third-order valence-corrected chi connectivity index (χ3v) is 5.05. The molecule has 1 saturated heterocycles. The molecule has 1 aromatic heterocycles. The van der Waals surface area contributed by atoms with Gasteiger partial charge in [0, 0.05) is 25.0 Å². The third-order valence-electron chi connectivity index (χ3n) is 4.75. The molecule has 132 valence electrons. The Labute approximate surface area is 154 Å². The van der Waals surface area contributed by atoms with Crippen LogP contribution in [0.3, 0.4) is 0 Å². The standard InChI is InChI=1S/C20H24ClN3O/c1-13-5-8-24(9-6-13)20(25)18-12-16(4-7-22-18)23-19-15(3)10-14(2)11-17(19)21/h4,7,10-13H,5-6,8-9H2,1-3H3,(H,22,23). The molecule has 0 unspecified atom stereocenters. The van der Waals surface area contributed by atoms with Gasteiger partial charge in [-0.25, -0.2) is 0 Å². The third kappa shape index (κ3) is 4.13. The second kappa shape index (κ2) is 7.44. The molecule has 1 aliphatic heterocycles. The molecule has 1 aromatic carbocycles. The quantitative estimate of drug-likeness (QED) is 0.843. The molecule has 0 spiro atoms. The molecule has 0 saturated carbocycles. The van der Waals surface area contributed by atoms with Gasteiger partial charge in [0.05, 0.1) is 10.7 Å². The van der Waals surface area contributed by atoms with Crippen molar-refractivity contribution in [2.45, 2.75) is 33.6 Å². The van der Waals surface area contributed by atoms with Gasteiger partial charge in [0.2, 0.25) is 0 Å². The van der Waals surface area contributed by atoms with Crippen LogP contribution in [0.5, 0.6) is 0 Å². The van der Waals surface area contributed by atoms with Gasteiger partial charge < -0.3 is 10.2 Å². The summed E-state index contributed by atoms with van der Waals surface area (Å²) in [5.41, 5.74) is 4.35. The van der Waals surface area contributed by atoms with Crippen LogP contribution in [-0.4, -0.2) is 28.9 Å². The van der Waals surface area contributed by atoms with E-state index >= 15 is 0 Å². The zero-order valence-electron chi connectivity index (χ0n) is 15.0. The van der Waals surface area contributed by atoms with Gasteiger partial charge in [-0.15, -0.1) is 0 Å². The zero-order valence-corrected chi connectivity index (χ0v) is 15.7. The summed E-state index contributed by atoms with van der Waals surface area (Å²) in [6.07, 6.45) is 3.78. The second-order valence-electron chi connectivity index (χ2n) is 6.97. The SMILES string of the molecule is Cc1cc(C)c(Nc2ccnc(C(=O)N3CCC(C)CC3)c2)c(Cl)c1. The number of nitrogens with one attached hydrogen (secondary N) is 1. The van der Waals surface area contributed by atoms with Crippen molar-refractivity contribution >= 4 is 28.9 Å². The van der Waals surface area contributed by atoms with Gasteiger partial charge in [-0.05, 0) is 61.9 Å². The molecule has 1 amide bonds. The van der Waals surface area contributed by atoms with Crippen LogP contribution < -0.4 is 5.32 Å². The summed E-state index contributed by atoms with van der Waals surface area (Å²) in [5, 5.41) is 4.00. The van der Waals surface area contributed by atoms with Gasteiger partial charge >= 0.3 is 0 Å². The Hall–Kier alpha value is -2.07. The van der Waals surface area contributed by atoms with Crippen molar-refractivity contribution in [1.29, 1.82) is 0 Å². The Morgan fingerprint density at radius 2 is 1.96 bits per heavy atom. The average molecular weight is 358 g/mol. The fourth-order valence-electron chi connectivity index (χ4n) is 3.22. The molecule has 0 radical (unpaired) electrons. The Bertz CT molecular complexity index is 759. The molecule has 0 bridgehead atoms. The van der Waals surface area contributed by atoms with Crippen molar-refractivity contribution in [3.05, 3.63) is 52.3 Å². The highest BCUT2D eigenvalue weighted by Gasteiger charge is 2.22. The lowest BCUT2D eigenvalue weighted by Crippen LogP contribution is -2.38. The molecule has 2 heterocycles. The van der Waals surface area contributed by atoms with Crippen molar-refractivity contribution in [2.75, 3.05) is 18.4 Å². The number of nitrogens with zero attached hydrogens (tertiary/aromatic N) is 2. The van der Waals surface area contributed by atoms with Gasteiger partial charge in [0.25, 0.3) is 5.91 Å². The van der Waals surface area contributed by atoms with Crippen molar-refractivity contribution in [3.63, 3.8) is 0 Å². The van der Waals surface area contributed by atoms with E-state index in [0.717, 1.165) is 48.4 Å². The lowest BCUT2D eigenvalue weighted by atomic mass is 9.99. The first-order valence-electron chi connectivity index (χ1n) is 8.73. The first-order valence-corrected chi connectivity index (χ1v) is 9.11. The van der Waals surface area contributed by atoms with Gasteiger partial charge in [-0.2, -0.15) is 0 Å². The number of hydrogen-bond donors (Lipinski definition) is 1. The minimum Gasteiger partial charge on any atom is -0.354 e. The molecule has 1 N–H and O–H groups in total. The van der Waals surface area contributed by atoms with E-state index in [-0.39, 0.29) is 5.91 Å². The summed E-state index contributed by atoms with van der Waals surface area (Å²) in [6, 6.07) is 7.66. The number of aryl methyl sites for hydroxylation is 2. The first-order chi connectivity index (χ1) is 11.9. The number of pyridine rings is 1. The lowest BCUT2D eigenvalue weighted by molar-refractivity contribution is 0.0691. The van der Waals surface area contributed by atoms with E-state index in [4.69, 9.17) is 11.6 Å². The van der Waals surface area contributed by atoms with Crippen LogP contribution in [0.25, 0.3) is 0 Å². The number of carbonyl (C=O) groups excluding carboxylic acids is 1. The van der Waals surface area contributed by atoms with E-state index < -0.39 is 0 Å². The molecule has 2 aromatic rings. The fourth-order valence-corrected chi connectivity index (χ4v) is 3.59. The molecule has 25 heavy (non-hydrogen) atoms. The molecule has 1 aliphatic rings. The number of carbonyl (C=O) groups is 1. The molecular weight excluding hydrogens is 334 g/mol. The summed E-state index contributed by atoms with van der Waals surface area (Å²) in [7, 11) is 0. The number of benzene rings is 1. The lowest BCUT2D eigenvalue weighted by Gasteiger charge is -2.30. The minimum absolute atomic E-state index is 0.00211. The van der Waals surface area contributed by atoms with Gasteiger partial charge in [0.1, 0.15) is 5.69 Å². The summed E-state index contributed by atoms with van der Waals surface area (Å²) in [5.74, 6) is 0.693. The summed E-state index contributed by atoms with van der Waals surface area (Å²) >= 11 is 6.37. The fraction of sp³-hybridized carbons (Fsp3) is 0.400. The van der Waals surface area contributed by atoms with Crippen LogP contribution in [0.2, 0.25) is 5.02 Å². The van der Waals surface area contributed by atoms with E-state index in [9.17, 15) is 4.79 Å². The van der Waals surface area contributed by atoms with Gasteiger partial charge in [-0.1, -0.05) is 24.6 Å². The van der Waals surface area contributed by atoms with Gasteiger partial charge in [0.15, 0.2) is 0 Å². The minimum atomic E-state index is 0.00211. The number of anilines is 2. The predicted octanol–water partition coefficient (Wildman–Crippen LogP) is 4.97. The summed E-state index contributed by atoms with van der Waals surface area (Å²) < 4.78 is 0. The van der Waals surface area contributed by atoms with Crippen LogP contribution in [0.15, 0.2) is 30.5 Å². The van der Waals surface area contributed by atoms with Crippen LogP contribution >= 0.6 is 11.6 Å². The molecule has 3 rings (SSSR count). The van der Waals surface area contributed by atoms with E-state index in [2.05, 4.69) is 23.3 Å². The number of aromatic nitrogens is 1. The number of likely N-dealkylation sites (tertiary alicyclic amines) is 1. The summed E-state index contributed by atoms with van der Waals surface area (Å²) in [4.78, 5) is 18.9. The average Bonchev–Trinajstić information content (AvgIpc) is 2.58. The van der Waals surface area contributed by atoms with Crippen LogP contribution in [0.1, 0.15) is 41.4 Å². The maximum atomic E-state index is 12.7. The number of amides is 1. The normalized spacial score (nSPS) is 15.3. The Kier molecular flexibility index (Phi) is 5.28. The molecule has 4 nitrogen and oxygen atoms in total. The highest BCUT2D eigenvalue weighted by Crippen LogP contribution is 2.30. The second-order valence-corrected chi connectivity index (χ2v) is 7.38. The van der Waals surface area contributed by atoms with E-state index in [1.165, 1.54) is 0 Å². The molecule has 0 atom stereocenters. The number of halogens is 1. The van der Waals surface area contributed by atoms with Crippen molar-refractivity contribution in [3.8, 4) is 0 Å². The summed E-state index contributed by atoms with van der Waals surface area (Å²) in [6.45, 7) is 7.89. The maximum Gasteiger partial charge on any atom is 0.272 e. The van der Waals surface area contributed by atoms with Crippen LogP contribution in [-0.2, 0) is 0 Å². The largest absolute Gasteiger partial charge is 0.354 e. The first kappa shape index (κ1) is 17.7. The Morgan fingerprint density at radius 1 is 1.24 bits per heavy atom. The molecular formula is C20H24ClN3O. The topological polar surface area (TPSA) is 45.2 Å². The zero-order chi connectivity index (χ0) is 18.0. The van der Waals surface area contributed by atoms with E-state index in [1.54, 1.807) is 12.3 Å². The van der Waals surface area contributed by atoms with Crippen molar-refractivity contribution in [2.24, 2.45) is 5.92 Å². The maximum absolute atomic E-state index is 12.7. The van der Waals surface area contributed by atoms with Crippen LogP contribution in [0.4, 0.5) is 11.4 Å². The molecule has 1 fully saturated rings. The van der Waals surface area contributed by atoms with Crippen LogP contribution in [0, 0.1) is 19.8 Å². The number of hydrogen-bond acceptors (Lipinski definition) is 3. The Balaban J connectivity index is 1.79. The Morgan fingerprint density at radius 3 is 2.64 bits per heavy atom. The van der Waals surface area contributed by atoms with E-state index in [0.29, 0.717) is 16.6 Å². The highest BCUT2D eigenvalue weighted by atomic mass is 35.5. The monoisotopic (exact) mass is 357 g/mol. The smallest absolute Gasteiger partial charge is 0.272 e. The van der Waals surface area contributed by atoms with E-state index in [1.807, 2.05) is 30.9 Å².